The number of rotatable bonds is 8. The number of H-pyrrole nitrogens is 1. The predicted molar refractivity (Wildman–Crippen MR) is 125 cm³/mol. The highest BCUT2D eigenvalue weighted by molar-refractivity contribution is 7.71. The van der Waals surface area contributed by atoms with E-state index in [1.165, 1.54) is 37.8 Å². The first kappa shape index (κ1) is 24.3. The van der Waals surface area contributed by atoms with Crippen molar-refractivity contribution in [1.29, 1.82) is 0 Å². The molecule has 10 nitrogen and oxygen atoms in total. The van der Waals surface area contributed by atoms with Crippen LogP contribution >= 0.6 is 12.2 Å². The fourth-order valence-corrected chi connectivity index (χ4v) is 4.19. The summed E-state index contributed by atoms with van der Waals surface area (Å²) in [5.41, 5.74) is 0.324. The quantitative estimate of drug-likeness (QED) is 0.562. The molecule has 2 N–H and O–H groups in total. The van der Waals surface area contributed by atoms with E-state index < -0.39 is 11.6 Å². The van der Waals surface area contributed by atoms with E-state index in [1.807, 2.05) is 6.92 Å². The smallest absolute Gasteiger partial charge is 0.264 e. The topological polar surface area (TPSA) is 118 Å². The third-order valence-corrected chi connectivity index (χ3v) is 5.84. The number of nitrogens with one attached hydrogen (secondary N) is 1. The van der Waals surface area contributed by atoms with Crippen molar-refractivity contribution in [1.82, 2.24) is 14.6 Å². The van der Waals surface area contributed by atoms with Crippen LogP contribution in [0.5, 0.6) is 23.1 Å². The van der Waals surface area contributed by atoms with E-state index in [0.29, 0.717) is 29.4 Å². The minimum atomic E-state index is -0.585. The van der Waals surface area contributed by atoms with Gasteiger partial charge in [0.05, 0.1) is 33.1 Å². The summed E-state index contributed by atoms with van der Waals surface area (Å²) in [6, 6.07) is 2.89. The van der Waals surface area contributed by atoms with E-state index in [4.69, 9.17) is 26.4 Å². The summed E-state index contributed by atoms with van der Waals surface area (Å²) < 4.78 is 18.0. The Morgan fingerprint density at radius 3 is 2.52 bits per heavy atom. The molecule has 0 aliphatic carbocycles. The van der Waals surface area contributed by atoms with Gasteiger partial charge in [-0.3, -0.25) is 19.1 Å². The molecule has 0 saturated carbocycles. The van der Waals surface area contributed by atoms with E-state index in [2.05, 4.69) is 10.1 Å². The molecule has 1 aliphatic rings. The third kappa shape index (κ3) is 4.45. The van der Waals surface area contributed by atoms with E-state index in [1.54, 1.807) is 12.1 Å². The number of hydrogen-bond donors (Lipinski definition) is 2. The van der Waals surface area contributed by atoms with Crippen LogP contribution in [0.15, 0.2) is 22.0 Å². The van der Waals surface area contributed by atoms with Crippen LogP contribution < -0.4 is 19.8 Å². The van der Waals surface area contributed by atoms with Gasteiger partial charge >= 0.3 is 0 Å². The zero-order valence-electron chi connectivity index (χ0n) is 19.3. The maximum atomic E-state index is 12.8. The summed E-state index contributed by atoms with van der Waals surface area (Å²) >= 11 is 5.22. The van der Waals surface area contributed by atoms with E-state index in [-0.39, 0.29) is 34.3 Å². The first-order valence-corrected chi connectivity index (χ1v) is 10.9. The Bertz CT molecular complexity index is 1200. The average molecular weight is 477 g/mol. The van der Waals surface area contributed by atoms with E-state index in [0.717, 1.165) is 12.8 Å². The van der Waals surface area contributed by atoms with Crippen LogP contribution in [0.3, 0.4) is 0 Å². The molecule has 1 aliphatic heterocycles. The second kappa shape index (κ2) is 10.1. The number of unbranched alkanes of at least 4 members (excludes halogenated alkanes) is 1. The first-order valence-electron chi connectivity index (χ1n) is 10.5. The number of aromatic amines is 1. The number of carbonyl (C=O) groups excluding carboxylic acids is 1. The number of hydrazone groups is 1. The van der Waals surface area contributed by atoms with Crippen LogP contribution in [0.2, 0.25) is 0 Å². The van der Waals surface area contributed by atoms with Crippen molar-refractivity contribution >= 4 is 23.8 Å². The van der Waals surface area contributed by atoms with Crippen molar-refractivity contribution in [3.63, 3.8) is 0 Å². The SMILES string of the molecule is CCCCn1c(O)c(C2=NN(C(C)=O)C(c3ccc(OC)c(OC)c3OC)C2)c(=O)[nH]c1=S. The van der Waals surface area contributed by atoms with Gasteiger partial charge in [-0.05, 0) is 30.8 Å². The Kier molecular flexibility index (Phi) is 7.42. The van der Waals surface area contributed by atoms with Crippen LogP contribution in [-0.2, 0) is 11.3 Å². The molecule has 1 aromatic heterocycles. The number of aromatic nitrogens is 2. The molecule has 1 unspecified atom stereocenters. The summed E-state index contributed by atoms with van der Waals surface area (Å²) in [5.74, 6) is 0.643. The van der Waals surface area contributed by atoms with Gasteiger partial charge in [0.2, 0.25) is 17.5 Å². The number of aromatic hydroxyl groups is 1. The van der Waals surface area contributed by atoms with Crippen LogP contribution in [0, 0.1) is 4.77 Å². The molecule has 0 bridgehead atoms. The van der Waals surface area contributed by atoms with Gasteiger partial charge in [0.25, 0.3) is 5.56 Å². The Balaban J connectivity index is 2.13. The highest BCUT2D eigenvalue weighted by atomic mass is 32.1. The van der Waals surface area contributed by atoms with Crippen LogP contribution in [0.1, 0.15) is 50.3 Å². The summed E-state index contributed by atoms with van der Waals surface area (Å²) in [6.45, 7) is 3.84. The molecule has 1 atom stereocenters. The monoisotopic (exact) mass is 476 g/mol. The number of carbonyl (C=O) groups is 1. The highest BCUT2D eigenvalue weighted by Gasteiger charge is 2.37. The standard InChI is InChI=1S/C22H28N4O6S/c1-6-7-10-25-21(29)17(20(28)23-22(25)33)14-11-15(26(24-14)12(2)27)13-8-9-16(30-3)19(32-5)18(13)31-4/h8-9,15,29H,6-7,10-11H2,1-5H3,(H,23,28,33). The molecule has 178 valence electrons. The van der Waals surface area contributed by atoms with Gasteiger partial charge in [0.1, 0.15) is 5.56 Å². The average Bonchev–Trinajstić information content (AvgIpc) is 3.22. The Hall–Kier alpha value is -3.34. The molecule has 1 aromatic carbocycles. The lowest BCUT2D eigenvalue weighted by Gasteiger charge is -2.24. The van der Waals surface area contributed by atoms with Gasteiger partial charge in [-0.2, -0.15) is 5.10 Å². The molecule has 0 radical (unpaired) electrons. The summed E-state index contributed by atoms with van der Waals surface area (Å²) in [7, 11) is 4.50. The van der Waals surface area contributed by atoms with Crippen molar-refractivity contribution in [2.24, 2.45) is 5.10 Å². The number of ether oxygens (including phenoxy) is 3. The zero-order chi connectivity index (χ0) is 24.3. The van der Waals surface area contributed by atoms with Gasteiger partial charge in [0, 0.05) is 25.5 Å². The predicted octanol–water partition coefficient (Wildman–Crippen LogP) is 3.13. The molecular formula is C22H28N4O6S. The molecule has 0 fully saturated rings. The number of hydrogen-bond acceptors (Lipinski definition) is 8. The van der Waals surface area contributed by atoms with Crippen LogP contribution in [0.4, 0.5) is 0 Å². The van der Waals surface area contributed by atoms with Crippen molar-refractivity contribution in [2.75, 3.05) is 21.3 Å². The maximum Gasteiger partial charge on any atom is 0.264 e. The third-order valence-electron chi connectivity index (χ3n) is 5.52. The Morgan fingerprint density at radius 1 is 1.24 bits per heavy atom. The normalized spacial score (nSPS) is 15.4. The summed E-state index contributed by atoms with van der Waals surface area (Å²) in [5, 5.41) is 16.6. The largest absolute Gasteiger partial charge is 0.494 e. The van der Waals surface area contributed by atoms with Gasteiger partial charge in [-0.25, -0.2) is 5.01 Å². The molecular weight excluding hydrogens is 448 g/mol. The molecule has 0 saturated heterocycles. The fraction of sp³-hybridized carbons (Fsp3) is 0.455. The van der Waals surface area contributed by atoms with Gasteiger partial charge in [-0.1, -0.05) is 13.3 Å². The minimum Gasteiger partial charge on any atom is -0.494 e. The van der Waals surface area contributed by atoms with Crippen molar-refractivity contribution in [3.05, 3.63) is 38.4 Å². The summed E-state index contributed by atoms with van der Waals surface area (Å²) in [4.78, 5) is 27.8. The number of nitrogens with zero attached hydrogens (tertiary/aromatic N) is 3. The maximum absolute atomic E-state index is 12.8. The summed E-state index contributed by atoms with van der Waals surface area (Å²) in [6.07, 6.45) is 1.83. The second-order valence-corrected chi connectivity index (χ2v) is 7.90. The number of benzene rings is 1. The number of amides is 1. The lowest BCUT2D eigenvalue weighted by Crippen LogP contribution is -2.25. The Labute approximate surface area is 196 Å². The molecule has 3 rings (SSSR count). The van der Waals surface area contributed by atoms with Crippen molar-refractivity contribution in [3.8, 4) is 23.1 Å². The molecule has 2 aromatic rings. The fourth-order valence-electron chi connectivity index (χ4n) is 3.92. The van der Waals surface area contributed by atoms with Gasteiger partial charge in [-0.15, -0.1) is 0 Å². The lowest BCUT2D eigenvalue weighted by molar-refractivity contribution is -0.130. The lowest BCUT2D eigenvalue weighted by atomic mass is 9.97. The first-order chi connectivity index (χ1) is 15.8. The minimum absolute atomic E-state index is 0.00658. The van der Waals surface area contributed by atoms with Gasteiger partial charge < -0.3 is 19.3 Å². The van der Waals surface area contributed by atoms with Gasteiger partial charge in [0.15, 0.2) is 16.3 Å². The molecule has 2 heterocycles. The van der Waals surface area contributed by atoms with Crippen LogP contribution in [-0.4, -0.2) is 52.6 Å². The highest BCUT2D eigenvalue weighted by Crippen LogP contribution is 2.46. The Morgan fingerprint density at radius 2 is 1.94 bits per heavy atom. The molecule has 11 heteroatoms. The molecule has 0 spiro atoms. The van der Waals surface area contributed by atoms with Crippen molar-refractivity contribution in [2.45, 2.75) is 45.7 Å². The molecule has 1 amide bonds. The zero-order valence-corrected chi connectivity index (χ0v) is 20.1. The molecule has 33 heavy (non-hydrogen) atoms. The van der Waals surface area contributed by atoms with Crippen molar-refractivity contribution < 1.29 is 24.1 Å². The second-order valence-electron chi connectivity index (χ2n) is 7.52. The van der Waals surface area contributed by atoms with Crippen LogP contribution in [0.25, 0.3) is 0 Å². The van der Waals surface area contributed by atoms with E-state index >= 15 is 0 Å². The van der Waals surface area contributed by atoms with E-state index in [9.17, 15) is 14.7 Å². The number of methoxy groups -OCH3 is 3.